The lowest BCUT2D eigenvalue weighted by molar-refractivity contribution is 0.199. The molecule has 1 aromatic rings. The Balaban J connectivity index is 2.56. The van der Waals surface area contributed by atoms with Gasteiger partial charge in [0.05, 0.1) is 5.75 Å². The number of nitrogen functional groups attached to an aromatic ring is 1. The van der Waals surface area contributed by atoms with Crippen LogP contribution in [-0.2, 0) is 21.3 Å². The zero-order chi connectivity index (χ0) is 13.6. The molecule has 0 aliphatic heterocycles. The first-order valence-corrected chi connectivity index (χ1v) is 7.13. The van der Waals surface area contributed by atoms with Gasteiger partial charge in [-0.05, 0) is 24.6 Å². The summed E-state index contributed by atoms with van der Waals surface area (Å²) in [6.07, 6.45) is 0.425. The maximum Gasteiger partial charge on any atom is 0.211 e. The van der Waals surface area contributed by atoms with Crippen LogP contribution in [0, 0.1) is 0 Å². The molecule has 0 bridgehead atoms. The fraction of sp³-hybridized carbons (Fsp3) is 0.455. The Morgan fingerprint density at radius 2 is 2.17 bits per heavy atom. The molecule has 102 valence electrons. The summed E-state index contributed by atoms with van der Waals surface area (Å²) in [6.45, 7) is 0.413. The lowest BCUT2D eigenvalue weighted by Gasteiger charge is -2.08. The summed E-state index contributed by atoms with van der Waals surface area (Å²) in [7, 11) is -1.84. The zero-order valence-electron chi connectivity index (χ0n) is 10.2. The van der Waals surface area contributed by atoms with Crippen molar-refractivity contribution in [3.8, 4) is 5.75 Å². The van der Waals surface area contributed by atoms with Gasteiger partial charge >= 0.3 is 0 Å². The van der Waals surface area contributed by atoms with Crippen LogP contribution in [0.4, 0.5) is 5.69 Å². The van der Waals surface area contributed by atoms with Crippen LogP contribution < -0.4 is 10.5 Å². The summed E-state index contributed by atoms with van der Waals surface area (Å²) in [5.41, 5.74) is 6.48. The number of sulfonamides is 1. The zero-order valence-corrected chi connectivity index (χ0v) is 11.0. The predicted molar refractivity (Wildman–Crippen MR) is 69.6 cm³/mol. The van der Waals surface area contributed by atoms with Crippen LogP contribution in [0.5, 0.6) is 5.75 Å². The van der Waals surface area contributed by atoms with E-state index in [1.807, 2.05) is 0 Å². The number of phenols is 1. The van der Waals surface area contributed by atoms with Crippen LogP contribution in [0.1, 0.15) is 12.0 Å². The molecular formula is C11H18N2O4S. The van der Waals surface area contributed by atoms with Crippen LogP contribution in [0.3, 0.4) is 0 Å². The largest absolute Gasteiger partial charge is 0.508 e. The van der Waals surface area contributed by atoms with Crippen LogP contribution in [-0.4, -0.2) is 33.0 Å². The van der Waals surface area contributed by atoms with Crippen molar-refractivity contribution in [2.75, 3.05) is 25.2 Å². The summed E-state index contributed by atoms with van der Waals surface area (Å²) in [6, 6.07) is 4.52. The van der Waals surface area contributed by atoms with Crippen molar-refractivity contribution in [3.63, 3.8) is 0 Å². The average molecular weight is 274 g/mol. The van der Waals surface area contributed by atoms with E-state index in [2.05, 4.69) is 4.72 Å². The highest BCUT2D eigenvalue weighted by Crippen LogP contribution is 2.19. The fourth-order valence-corrected chi connectivity index (χ4v) is 2.42. The Hall–Kier alpha value is -1.31. The molecule has 0 aliphatic carbocycles. The van der Waals surface area contributed by atoms with E-state index in [1.54, 1.807) is 6.07 Å². The Labute approximate surface area is 107 Å². The maximum atomic E-state index is 11.6. The average Bonchev–Trinajstić information content (AvgIpc) is 2.31. The quantitative estimate of drug-likeness (QED) is 0.380. The van der Waals surface area contributed by atoms with Crippen molar-refractivity contribution in [1.82, 2.24) is 4.72 Å². The molecule has 0 aromatic heterocycles. The molecule has 0 saturated carbocycles. The van der Waals surface area contributed by atoms with Gasteiger partial charge < -0.3 is 15.6 Å². The minimum Gasteiger partial charge on any atom is -0.508 e. The van der Waals surface area contributed by atoms with Crippen LogP contribution in [0.2, 0.25) is 0 Å². The fourth-order valence-electron chi connectivity index (χ4n) is 1.40. The third-order valence-corrected chi connectivity index (χ3v) is 3.76. The minimum absolute atomic E-state index is 0.0100. The number of hydrogen-bond acceptors (Lipinski definition) is 5. The van der Waals surface area contributed by atoms with Gasteiger partial charge in [-0.15, -0.1) is 0 Å². The van der Waals surface area contributed by atoms with E-state index in [-0.39, 0.29) is 18.0 Å². The molecular weight excluding hydrogens is 256 g/mol. The molecule has 1 rings (SSSR count). The highest BCUT2D eigenvalue weighted by molar-refractivity contribution is 7.89. The molecule has 0 unspecified atom stereocenters. The van der Waals surface area contributed by atoms with Gasteiger partial charge in [0.1, 0.15) is 5.75 Å². The van der Waals surface area contributed by atoms with Crippen molar-refractivity contribution >= 4 is 15.7 Å². The highest BCUT2D eigenvalue weighted by Gasteiger charge is 2.11. The van der Waals surface area contributed by atoms with Gasteiger partial charge in [-0.3, -0.25) is 0 Å². The van der Waals surface area contributed by atoms with Gasteiger partial charge in [0.25, 0.3) is 0 Å². The molecule has 0 spiro atoms. The first-order chi connectivity index (χ1) is 8.44. The third-order valence-electron chi connectivity index (χ3n) is 2.35. The van der Waals surface area contributed by atoms with Crippen molar-refractivity contribution in [3.05, 3.63) is 23.8 Å². The second-order valence-corrected chi connectivity index (χ2v) is 5.80. The van der Waals surface area contributed by atoms with Crippen LogP contribution in [0.15, 0.2) is 18.2 Å². The SMILES string of the molecule is COCCCS(=O)(=O)NCc1cc(N)ccc1O. The van der Waals surface area contributed by atoms with E-state index >= 15 is 0 Å². The summed E-state index contributed by atoms with van der Waals surface area (Å²) < 4.78 is 30.4. The molecule has 0 fully saturated rings. The summed E-state index contributed by atoms with van der Waals surface area (Å²) >= 11 is 0. The normalized spacial score (nSPS) is 11.6. The Morgan fingerprint density at radius 1 is 1.44 bits per heavy atom. The smallest absolute Gasteiger partial charge is 0.211 e. The van der Waals surface area contributed by atoms with Crippen LogP contribution in [0.25, 0.3) is 0 Å². The van der Waals surface area contributed by atoms with Gasteiger partial charge in [-0.25, -0.2) is 13.1 Å². The topological polar surface area (TPSA) is 102 Å². The monoisotopic (exact) mass is 274 g/mol. The number of aromatic hydroxyl groups is 1. The number of rotatable bonds is 7. The molecule has 0 atom stereocenters. The number of anilines is 1. The predicted octanol–water partition coefficient (Wildman–Crippen LogP) is 0.430. The van der Waals surface area contributed by atoms with Crippen molar-refractivity contribution in [1.29, 1.82) is 0 Å². The second-order valence-electron chi connectivity index (χ2n) is 3.87. The van der Waals surface area contributed by atoms with E-state index < -0.39 is 10.0 Å². The number of benzene rings is 1. The molecule has 6 nitrogen and oxygen atoms in total. The van der Waals surface area contributed by atoms with Gasteiger partial charge in [-0.1, -0.05) is 0 Å². The van der Waals surface area contributed by atoms with Crippen molar-refractivity contribution < 1.29 is 18.3 Å². The number of ether oxygens (including phenoxy) is 1. The van der Waals surface area contributed by atoms with Crippen molar-refractivity contribution in [2.45, 2.75) is 13.0 Å². The molecule has 4 N–H and O–H groups in total. The van der Waals surface area contributed by atoms with E-state index in [4.69, 9.17) is 10.5 Å². The minimum atomic E-state index is -3.36. The molecule has 1 aromatic carbocycles. The highest BCUT2D eigenvalue weighted by atomic mass is 32.2. The molecule has 7 heteroatoms. The number of hydrogen-bond donors (Lipinski definition) is 3. The Morgan fingerprint density at radius 3 is 2.83 bits per heavy atom. The van der Waals surface area contributed by atoms with Gasteiger partial charge in [-0.2, -0.15) is 0 Å². The maximum absolute atomic E-state index is 11.6. The number of phenolic OH excluding ortho intramolecular Hbond substituents is 1. The summed E-state index contributed by atoms with van der Waals surface area (Å²) in [5, 5.41) is 9.54. The molecule has 0 aliphatic rings. The third kappa shape index (κ3) is 4.91. The molecule has 0 saturated heterocycles. The molecule has 18 heavy (non-hydrogen) atoms. The van der Waals surface area contributed by atoms with Crippen molar-refractivity contribution in [2.24, 2.45) is 0 Å². The lowest BCUT2D eigenvalue weighted by Crippen LogP contribution is -2.26. The number of nitrogens with two attached hydrogens (primary N) is 1. The van der Waals surface area contributed by atoms with Gasteiger partial charge in [0.15, 0.2) is 0 Å². The van der Waals surface area contributed by atoms with E-state index in [1.165, 1.54) is 19.2 Å². The van der Waals surface area contributed by atoms with E-state index in [0.29, 0.717) is 24.3 Å². The standard InChI is InChI=1S/C11H18N2O4S/c1-17-5-2-6-18(15,16)13-8-9-7-10(12)3-4-11(9)14/h3-4,7,13-14H,2,5-6,8,12H2,1H3. The molecule has 0 radical (unpaired) electrons. The summed E-state index contributed by atoms with van der Waals surface area (Å²) in [4.78, 5) is 0. The molecule has 0 amide bonds. The van der Waals surface area contributed by atoms with E-state index in [0.717, 1.165) is 0 Å². The Kier molecular flexibility index (Phi) is 5.39. The van der Waals surface area contributed by atoms with Gasteiger partial charge in [0, 0.05) is 31.5 Å². The summed E-state index contributed by atoms with van der Waals surface area (Å²) in [5.74, 6) is 0.00740. The van der Waals surface area contributed by atoms with Gasteiger partial charge in [0.2, 0.25) is 10.0 Å². The first kappa shape index (κ1) is 14.7. The molecule has 0 heterocycles. The first-order valence-electron chi connectivity index (χ1n) is 5.48. The van der Waals surface area contributed by atoms with Crippen LogP contribution >= 0.6 is 0 Å². The Bertz CT molecular complexity index is 488. The lowest BCUT2D eigenvalue weighted by atomic mass is 10.2. The number of methoxy groups -OCH3 is 1. The van der Waals surface area contributed by atoms with E-state index in [9.17, 15) is 13.5 Å². The number of nitrogens with one attached hydrogen (secondary N) is 1. The second kappa shape index (κ2) is 6.58.